The van der Waals surface area contributed by atoms with Crippen LogP contribution in [0.1, 0.15) is 18.9 Å². The third kappa shape index (κ3) is 3.65. The number of hydrogen-bond acceptors (Lipinski definition) is 5. The lowest BCUT2D eigenvalue weighted by Gasteiger charge is -2.15. The number of hydrogen-bond donors (Lipinski definition) is 1. The first-order valence-corrected chi connectivity index (χ1v) is 6.43. The predicted molar refractivity (Wildman–Crippen MR) is 70.3 cm³/mol. The maximum Gasteiger partial charge on any atom is 0.270 e. The van der Waals surface area contributed by atoms with Crippen LogP contribution < -0.4 is 10.1 Å². The van der Waals surface area contributed by atoms with Gasteiger partial charge in [0.1, 0.15) is 11.9 Å². The number of nitrogens with zero attached hydrogens (tertiary/aromatic N) is 1. The van der Waals surface area contributed by atoms with Gasteiger partial charge in [-0.15, -0.1) is 0 Å². The second-order valence-electron chi connectivity index (χ2n) is 4.43. The zero-order chi connectivity index (χ0) is 13.7. The molecule has 1 atom stereocenters. The topological polar surface area (TPSA) is 73.6 Å². The average Bonchev–Trinajstić information content (AvgIpc) is 2.90. The van der Waals surface area contributed by atoms with Gasteiger partial charge in [-0.2, -0.15) is 0 Å². The number of non-ortho nitro benzene ring substituents is 1. The van der Waals surface area contributed by atoms with E-state index in [4.69, 9.17) is 9.47 Å². The van der Waals surface area contributed by atoms with Crippen molar-refractivity contribution in [1.82, 2.24) is 5.32 Å². The van der Waals surface area contributed by atoms with Gasteiger partial charge >= 0.3 is 0 Å². The van der Waals surface area contributed by atoms with Crippen LogP contribution in [0.4, 0.5) is 5.69 Å². The third-order valence-corrected chi connectivity index (χ3v) is 3.00. The lowest BCUT2D eigenvalue weighted by molar-refractivity contribution is -0.384. The molecule has 1 aliphatic heterocycles. The second-order valence-corrected chi connectivity index (χ2v) is 4.43. The van der Waals surface area contributed by atoms with Crippen LogP contribution in [0.2, 0.25) is 0 Å². The zero-order valence-corrected chi connectivity index (χ0v) is 10.9. The summed E-state index contributed by atoms with van der Waals surface area (Å²) < 4.78 is 11.1. The number of rotatable bonds is 6. The van der Waals surface area contributed by atoms with Crippen LogP contribution in [-0.4, -0.2) is 30.8 Å². The summed E-state index contributed by atoms with van der Waals surface area (Å²) in [7, 11) is 0. The van der Waals surface area contributed by atoms with Gasteiger partial charge in [-0.1, -0.05) is 6.92 Å². The molecule has 1 aromatic rings. The maximum absolute atomic E-state index is 10.8. The molecule has 1 heterocycles. The normalized spacial score (nSPS) is 18.5. The smallest absolute Gasteiger partial charge is 0.270 e. The first-order chi connectivity index (χ1) is 9.20. The zero-order valence-electron chi connectivity index (χ0n) is 10.9. The monoisotopic (exact) mass is 266 g/mol. The van der Waals surface area contributed by atoms with Gasteiger partial charge in [-0.05, 0) is 12.6 Å². The molecular formula is C13H18N2O4. The molecule has 104 valence electrons. The lowest BCUT2D eigenvalue weighted by Crippen LogP contribution is -2.18. The molecular weight excluding hydrogens is 248 g/mol. The average molecular weight is 266 g/mol. The molecule has 1 unspecified atom stereocenters. The summed E-state index contributed by atoms with van der Waals surface area (Å²) in [5.41, 5.74) is 0.894. The van der Waals surface area contributed by atoms with Crippen molar-refractivity contribution >= 4 is 5.69 Å². The lowest BCUT2D eigenvalue weighted by atomic mass is 10.1. The van der Waals surface area contributed by atoms with Crippen molar-refractivity contribution in [2.75, 3.05) is 19.8 Å². The van der Waals surface area contributed by atoms with Gasteiger partial charge in [0.15, 0.2) is 0 Å². The Balaban J connectivity index is 2.16. The molecule has 0 aromatic heterocycles. The van der Waals surface area contributed by atoms with Gasteiger partial charge in [0.2, 0.25) is 0 Å². The Bertz CT molecular complexity index is 444. The predicted octanol–water partition coefficient (Wildman–Crippen LogP) is 1.87. The Hall–Kier alpha value is -1.66. The fourth-order valence-electron chi connectivity index (χ4n) is 1.98. The van der Waals surface area contributed by atoms with Crippen molar-refractivity contribution < 1.29 is 14.4 Å². The van der Waals surface area contributed by atoms with Crippen LogP contribution in [0.3, 0.4) is 0 Å². The number of nitro benzene ring substituents is 1. The van der Waals surface area contributed by atoms with Gasteiger partial charge in [-0.25, -0.2) is 0 Å². The minimum atomic E-state index is -0.391. The van der Waals surface area contributed by atoms with E-state index in [-0.39, 0.29) is 11.8 Å². The second kappa shape index (κ2) is 6.49. The van der Waals surface area contributed by atoms with E-state index in [9.17, 15) is 10.1 Å². The Morgan fingerprint density at radius 2 is 2.42 bits per heavy atom. The molecule has 1 aliphatic rings. The van der Waals surface area contributed by atoms with Crippen molar-refractivity contribution in [3.05, 3.63) is 33.9 Å². The van der Waals surface area contributed by atoms with E-state index in [1.807, 2.05) is 6.92 Å². The van der Waals surface area contributed by atoms with Crippen LogP contribution in [0.5, 0.6) is 5.75 Å². The fourth-order valence-corrected chi connectivity index (χ4v) is 1.98. The largest absolute Gasteiger partial charge is 0.488 e. The van der Waals surface area contributed by atoms with Crippen LogP contribution in [0.25, 0.3) is 0 Å². The number of ether oxygens (including phenoxy) is 2. The first kappa shape index (κ1) is 13.8. The quantitative estimate of drug-likeness (QED) is 0.628. The molecule has 0 amide bonds. The van der Waals surface area contributed by atoms with Gasteiger partial charge in [0.25, 0.3) is 5.69 Å². The maximum atomic E-state index is 10.8. The minimum absolute atomic E-state index is 0.0434. The Kier molecular flexibility index (Phi) is 4.70. The highest BCUT2D eigenvalue weighted by molar-refractivity contribution is 5.44. The van der Waals surface area contributed by atoms with Crippen molar-refractivity contribution in [3.8, 4) is 5.75 Å². The Morgan fingerprint density at radius 3 is 3.05 bits per heavy atom. The van der Waals surface area contributed by atoms with Gasteiger partial charge in [0, 0.05) is 30.7 Å². The molecule has 0 radical (unpaired) electrons. The van der Waals surface area contributed by atoms with E-state index >= 15 is 0 Å². The fraction of sp³-hybridized carbons (Fsp3) is 0.538. The number of nitrogens with one attached hydrogen (secondary N) is 1. The third-order valence-electron chi connectivity index (χ3n) is 3.00. The molecule has 0 spiro atoms. The van der Waals surface area contributed by atoms with E-state index < -0.39 is 4.92 Å². The molecule has 6 nitrogen and oxygen atoms in total. The molecule has 1 N–H and O–H groups in total. The van der Waals surface area contributed by atoms with Crippen LogP contribution >= 0.6 is 0 Å². The Morgan fingerprint density at radius 1 is 1.58 bits per heavy atom. The summed E-state index contributed by atoms with van der Waals surface area (Å²) in [5, 5.41) is 14.0. The molecule has 19 heavy (non-hydrogen) atoms. The summed E-state index contributed by atoms with van der Waals surface area (Å²) in [5.74, 6) is 0.696. The van der Waals surface area contributed by atoms with Crippen LogP contribution in [0.15, 0.2) is 18.2 Å². The molecule has 6 heteroatoms. The van der Waals surface area contributed by atoms with Crippen molar-refractivity contribution in [1.29, 1.82) is 0 Å². The molecule has 0 aliphatic carbocycles. The highest BCUT2D eigenvalue weighted by atomic mass is 16.6. The van der Waals surface area contributed by atoms with E-state index in [0.29, 0.717) is 25.5 Å². The van der Waals surface area contributed by atoms with Gasteiger partial charge < -0.3 is 14.8 Å². The van der Waals surface area contributed by atoms with Gasteiger partial charge in [0.05, 0.1) is 18.1 Å². The molecule has 0 saturated carbocycles. The minimum Gasteiger partial charge on any atom is -0.488 e. The van der Waals surface area contributed by atoms with E-state index in [0.717, 1.165) is 18.5 Å². The van der Waals surface area contributed by atoms with Crippen molar-refractivity contribution in [2.45, 2.75) is 26.0 Å². The number of nitro groups is 1. The highest BCUT2D eigenvalue weighted by Crippen LogP contribution is 2.26. The molecule has 2 rings (SSSR count). The summed E-state index contributed by atoms with van der Waals surface area (Å²) in [4.78, 5) is 10.4. The molecule has 1 saturated heterocycles. The summed E-state index contributed by atoms with van der Waals surface area (Å²) in [6.07, 6.45) is 0.902. The first-order valence-electron chi connectivity index (χ1n) is 6.43. The van der Waals surface area contributed by atoms with E-state index in [1.165, 1.54) is 6.07 Å². The molecule has 1 aromatic carbocycles. The van der Waals surface area contributed by atoms with E-state index in [1.54, 1.807) is 12.1 Å². The van der Waals surface area contributed by atoms with Gasteiger partial charge in [-0.3, -0.25) is 10.1 Å². The van der Waals surface area contributed by atoms with E-state index in [2.05, 4.69) is 5.32 Å². The summed E-state index contributed by atoms with van der Waals surface area (Å²) in [6, 6.07) is 4.71. The Labute approximate surface area is 111 Å². The van der Waals surface area contributed by atoms with Crippen molar-refractivity contribution in [3.63, 3.8) is 0 Å². The standard InChI is InChI=1S/C13H18N2O4/c1-2-14-8-10-7-11(15(16)17)3-4-13(10)19-12-5-6-18-9-12/h3-4,7,12,14H,2,5-6,8-9H2,1H3. The molecule has 0 bridgehead atoms. The van der Waals surface area contributed by atoms with Crippen LogP contribution in [0, 0.1) is 10.1 Å². The number of benzene rings is 1. The summed E-state index contributed by atoms with van der Waals surface area (Å²) >= 11 is 0. The SMILES string of the molecule is CCNCc1cc([N+](=O)[O-])ccc1OC1CCOC1. The van der Waals surface area contributed by atoms with Crippen LogP contribution in [-0.2, 0) is 11.3 Å². The highest BCUT2D eigenvalue weighted by Gasteiger charge is 2.19. The molecule has 1 fully saturated rings. The van der Waals surface area contributed by atoms with Crippen molar-refractivity contribution in [2.24, 2.45) is 0 Å². The summed E-state index contributed by atoms with van der Waals surface area (Å²) in [6.45, 7) is 4.64.